The number of ketones is 1. The number of carboxylic acid groups (broad SMARTS) is 1. The van der Waals surface area contributed by atoms with Crippen molar-refractivity contribution < 1.29 is 83.9 Å². The average molecular weight is 2020 g/mol. The van der Waals surface area contributed by atoms with E-state index in [1.807, 2.05) is 85.8 Å². The number of carboxylic acids is 1. The van der Waals surface area contributed by atoms with E-state index in [0.29, 0.717) is 78.9 Å². The predicted octanol–water partition coefficient (Wildman–Crippen LogP) is 22.4. The third kappa shape index (κ3) is 28.7. The maximum atomic E-state index is 13.6. The number of aromatic hydroxyl groups is 2. The van der Waals surface area contributed by atoms with Crippen LogP contribution in [0.5, 0.6) is 23.0 Å². The molecule has 0 spiro atoms. The molecule has 144 heavy (non-hydrogen) atoms. The number of nitrogens with one attached hydrogen (secondary N) is 4. The van der Waals surface area contributed by atoms with Gasteiger partial charge in [-0.25, -0.2) is 13.6 Å². The molecule has 8 atom stereocenters. The fraction of sp³-hybridized carbons (Fsp3) is 0.402. The van der Waals surface area contributed by atoms with Crippen LogP contribution in [0.1, 0.15) is 195 Å². The van der Waals surface area contributed by atoms with Gasteiger partial charge in [-0.2, -0.15) is 31.3 Å². The van der Waals surface area contributed by atoms with Crippen molar-refractivity contribution in [3.8, 4) is 33.4 Å². The molecule has 17 rings (SSSR count). The first-order chi connectivity index (χ1) is 68.3. The minimum atomic E-state index is -4.91. The van der Waals surface area contributed by atoms with E-state index in [0.717, 1.165) is 146 Å². The monoisotopic (exact) mass is 2020 g/mol. The van der Waals surface area contributed by atoms with Crippen LogP contribution in [0, 0.1) is 57.5 Å². The number of alkyl halides is 6. The van der Waals surface area contributed by atoms with E-state index in [2.05, 4.69) is 104 Å². The number of halogens is 9. The van der Waals surface area contributed by atoms with Crippen molar-refractivity contribution in [2.45, 2.75) is 155 Å². The molecule has 22 nitrogen and oxygen atoms in total. The van der Waals surface area contributed by atoms with E-state index in [4.69, 9.17) is 26.4 Å². The lowest BCUT2D eigenvalue weighted by atomic mass is 9.48. The van der Waals surface area contributed by atoms with Crippen LogP contribution < -0.4 is 41.8 Å². The number of para-hydroxylation sites is 1. The number of nitrogens with zero attached hydrogens (tertiary/aromatic N) is 6. The lowest BCUT2D eigenvalue weighted by Gasteiger charge is -2.58. The molecule has 3 amide bonds. The first kappa shape index (κ1) is 110. The number of thiophene rings is 1. The quantitative estimate of drug-likeness (QED) is 0.0111. The highest BCUT2D eigenvalue weighted by atomic mass is 35.5. The molecule has 1 aromatic heterocycles. The summed E-state index contributed by atoms with van der Waals surface area (Å²) in [5.74, 6) is -0.480. The Kier molecular flexibility index (Phi) is 38.4. The molecule has 3 saturated carbocycles. The molecular weight excluding hydrogens is 1890 g/mol. The number of fused-ring (bicyclic) bond motifs is 6. The van der Waals surface area contributed by atoms with Crippen molar-refractivity contribution in [3.63, 3.8) is 0 Å². The van der Waals surface area contributed by atoms with Crippen LogP contribution in [0.25, 0.3) is 26.6 Å². The second kappa shape index (κ2) is 50.2. The van der Waals surface area contributed by atoms with Crippen molar-refractivity contribution in [3.05, 3.63) is 292 Å². The number of guanidine groups is 2. The second-order valence-corrected chi connectivity index (χ2v) is 39.8. The molecule has 3 aliphatic carbocycles. The van der Waals surface area contributed by atoms with Gasteiger partial charge in [-0.15, -0.1) is 23.7 Å². The molecule has 5 heterocycles. The SMILES string of the molecule is CCOc1cc(CC(=O)N[C@@H](CC(C)C)c2ccccc2N2CCCCC2)ccc1C(=O)O.CN(C)C(N)=NC(=N)N.C[C@]12C=CC(=O)N[C@@H]1CC[C@@H]1[C@@H]2CC[C@]2(C)[C@@H](C(=O)Nc3cc(C(F)(F)F)ccc3C(F)(F)F)CC[C@@H]12.Cl.Fc1ccc(C(c2ccc(F)cc2)N2CCN(C/C=C/c3ccccc3)CC2)cc1.O=C(c1ccc(OCCN2CCCCC2)cc1)c1c(-c2ccc(O)cc2)sc2cc(O)ccc12. The Morgan fingerprint density at radius 1 is 0.688 bits per heavy atom. The summed E-state index contributed by atoms with van der Waals surface area (Å²) in [6.45, 7) is 21.3. The van der Waals surface area contributed by atoms with Gasteiger partial charge in [-0.05, 0) is 293 Å². The summed E-state index contributed by atoms with van der Waals surface area (Å²) in [6.07, 6.45) is 11.2. The number of likely N-dealkylation sites (tertiary alicyclic amines) is 1. The Morgan fingerprint density at radius 2 is 1.33 bits per heavy atom. The van der Waals surface area contributed by atoms with Crippen molar-refractivity contribution in [1.82, 2.24) is 30.2 Å². The van der Waals surface area contributed by atoms with Gasteiger partial charge in [0.15, 0.2) is 11.7 Å². The molecule has 11 N–H and O–H groups in total. The van der Waals surface area contributed by atoms with E-state index < -0.39 is 52.4 Å². The number of aliphatic imine (C=N–C) groups is 1. The lowest BCUT2D eigenvalue weighted by molar-refractivity contribution is -0.141. The molecule has 0 unspecified atom stereocenters. The average Bonchev–Trinajstić information content (AvgIpc) is 1.71. The summed E-state index contributed by atoms with van der Waals surface area (Å²) in [6, 6.07) is 57.2. The van der Waals surface area contributed by atoms with E-state index in [1.165, 1.54) is 91.4 Å². The molecule has 3 saturated heterocycles. The summed E-state index contributed by atoms with van der Waals surface area (Å²) < 4.78 is 120. The van der Waals surface area contributed by atoms with Crippen molar-refractivity contribution >= 4 is 92.7 Å². The summed E-state index contributed by atoms with van der Waals surface area (Å²) in [7, 11) is 3.45. The van der Waals surface area contributed by atoms with Gasteiger partial charge in [0.25, 0.3) is 0 Å². The Hall–Kier alpha value is -12.7. The number of benzene rings is 9. The third-order valence-electron chi connectivity index (χ3n) is 28.5. The predicted molar refractivity (Wildman–Crippen MR) is 554 cm³/mol. The minimum Gasteiger partial charge on any atom is -0.508 e. The van der Waals surface area contributed by atoms with Crippen LogP contribution in [-0.4, -0.2) is 175 Å². The summed E-state index contributed by atoms with van der Waals surface area (Å²) >= 11 is 1.46. The van der Waals surface area contributed by atoms with E-state index in [9.17, 15) is 74.4 Å². The first-order valence-electron chi connectivity index (χ1n) is 49.1. The van der Waals surface area contributed by atoms with Gasteiger partial charge in [0.2, 0.25) is 23.7 Å². The molecular formula is C112H131ClF8N12O10S. The third-order valence-corrected chi connectivity index (χ3v) is 29.7. The molecule has 6 fully saturated rings. The fourth-order valence-corrected chi connectivity index (χ4v) is 22.5. The van der Waals surface area contributed by atoms with Crippen LogP contribution >= 0.6 is 23.7 Å². The number of carbonyl (C=O) groups excluding carboxylic acids is 4. The van der Waals surface area contributed by atoms with Crippen molar-refractivity contribution in [2.24, 2.45) is 56.9 Å². The number of rotatable bonds is 25. The van der Waals surface area contributed by atoms with Crippen molar-refractivity contribution in [2.75, 3.05) is 103 Å². The van der Waals surface area contributed by atoms with Gasteiger partial charge in [-0.1, -0.05) is 131 Å². The summed E-state index contributed by atoms with van der Waals surface area (Å²) in [4.78, 5) is 79.0. The molecule has 7 aliphatic rings. The highest BCUT2D eigenvalue weighted by molar-refractivity contribution is 7.22. The molecule has 9 aromatic carbocycles. The number of piperazine rings is 1. The topological polar surface area (TPSA) is 305 Å². The van der Waals surface area contributed by atoms with Crippen LogP contribution in [0.4, 0.5) is 46.5 Å². The minimum absolute atomic E-state index is 0. The van der Waals surface area contributed by atoms with Crippen LogP contribution in [-0.2, 0) is 33.2 Å². The second-order valence-electron chi connectivity index (χ2n) is 38.8. The Bertz CT molecular complexity index is 6050. The molecule has 10 aromatic rings. The normalized spacial score (nSPS) is 20.3. The van der Waals surface area contributed by atoms with Gasteiger partial charge in [0, 0.05) is 116 Å². The number of phenolic OH excluding ortho intramolecular Hbond substituents is 2. The number of hydrogen-bond donors (Lipinski definition) is 9. The maximum Gasteiger partial charge on any atom is 0.418 e. The van der Waals surface area contributed by atoms with Crippen LogP contribution in [0.3, 0.4) is 0 Å². The maximum absolute atomic E-state index is 13.6. The number of aromatic carboxylic acids is 1. The number of ether oxygens (including phenoxy) is 2. The Morgan fingerprint density at radius 3 is 1.94 bits per heavy atom. The molecule has 32 heteroatoms. The van der Waals surface area contributed by atoms with Gasteiger partial charge in [0.05, 0.1) is 41.9 Å². The number of anilines is 2. The number of amides is 3. The van der Waals surface area contributed by atoms with Gasteiger partial charge >= 0.3 is 18.3 Å². The number of nitrogens with two attached hydrogens (primary N) is 2. The summed E-state index contributed by atoms with van der Waals surface area (Å²) in [5.41, 5.74) is 14.6. The summed E-state index contributed by atoms with van der Waals surface area (Å²) in [5, 5.41) is 45.1. The van der Waals surface area contributed by atoms with Gasteiger partial charge in [-0.3, -0.25) is 39.3 Å². The van der Waals surface area contributed by atoms with E-state index >= 15 is 0 Å². The fourth-order valence-electron chi connectivity index (χ4n) is 21.2. The highest BCUT2D eigenvalue weighted by Gasteiger charge is 2.61. The number of phenols is 2. The zero-order valence-corrected chi connectivity index (χ0v) is 84.0. The van der Waals surface area contributed by atoms with Gasteiger partial charge < -0.3 is 62.0 Å². The smallest absolute Gasteiger partial charge is 0.418 e. The number of piperidine rings is 2. The molecule has 0 radical (unpaired) electrons. The molecule has 768 valence electrons. The zero-order chi connectivity index (χ0) is 102. The van der Waals surface area contributed by atoms with Crippen LogP contribution in [0.15, 0.2) is 229 Å². The number of hydrogen-bond acceptors (Lipinski definition) is 15. The van der Waals surface area contributed by atoms with Gasteiger partial charge in [0.1, 0.15) is 46.8 Å². The zero-order valence-electron chi connectivity index (χ0n) is 82.3. The lowest BCUT2D eigenvalue weighted by Crippen LogP contribution is -2.59. The van der Waals surface area contributed by atoms with Crippen LogP contribution in [0.2, 0.25) is 0 Å². The largest absolute Gasteiger partial charge is 0.508 e. The molecule has 4 aliphatic heterocycles. The molecule has 0 bridgehead atoms. The number of carbonyl (C=O) groups is 5. The Balaban J connectivity index is 0.000000166. The Labute approximate surface area is 847 Å². The van der Waals surface area contributed by atoms with E-state index in [-0.39, 0.29) is 106 Å². The highest BCUT2D eigenvalue weighted by Crippen LogP contribution is 2.65. The first-order valence-corrected chi connectivity index (χ1v) is 50.0. The van der Waals surface area contributed by atoms with Crippen molar-refractivity contribution in [1.29, 1.82) is 5.41 Å². The standard InChI is InChI=1S/C28H27NO4S.C27H30F6N2O2.C27H36N2O4.C26H26F2N2.C4H11N5.ClH/c30-21-8-4-20(5-9-21)28-26(24-13-10-22(31)18-25(24)34-28)27(32)19-6-11-23(12-7-19)33-17-16-29-14-2-1-3-15-29;1-24-11-9-17-15(4-8-21-25(17,2)12-10-22(36)35-21)16(24)6-7-19(24)23(37)34-20-13-14(26(28,29)30)3-5-18(20)27(31,32)33;1-4-33-25-17-20(12-13-22(25)27(31)32)18-26(30)28-23(16-19(2)3)21-10-6-7-11-24(21)29-14-8-5-9-15-29;27-24-12-8-22(9-13-24)26(23-10-14-25(28)15-11-23)30-19-17-29(18-20-30)16-4-7-21-5-2-1-3-6-21;1-9(2)4(7)8-3(5)6;/h4-13,18,30-31H,1-3,14-17H2;3,5,10,12-13,15-17,19,21H,4,6-9,11H2,1-2H3,(H,34,37)(H,35,36);6-7,10-13,17,19,23H,4-5,8-9,14-16,18H2,1-3H3,(H,28,30)(H,31,32);1-15,26H,16-20H2;1-2H3,(H5,5,6,7,8);1H/b;;;7-4+;;/t;15-,16-,17-,19+,21+,24-,25+;23-;;;/m.00.../s1. The van der Waals surface area contributed by atoms with E-state index in [1.54, 1.807) is 86.6 Å².